The molecule has 3 nitrogen and oxygen atoms in total. The molecule has 0 fully saturated rings. The quantitative estimate of drug-likeness (QED) is 0.580. The molecule has 0 bridgehead atoms. The zero-order valence-corrected chi connectivity index (χ0v) is 14.9. The maximum Gasteiger partial charge on any atom is 0.189 e. The van der Waals surface area contributed by atoms with Crippen molar-refractivity contribution in [3.8, 4) is 11.5 Å². The van der Waals surface area contributed by atoms with Gasteiger partial charge in [0.25, 0.3) is 0 Å². The molecule has 0 radical (unpaired) electrons. The smallest absolute Gasteiger partial charge is 0.189 e. The average Bonchev–Trinajstić information content (AvgIpc) is 2.58. The van der Waals surface area contributed by atoms with Crippen molar-refractivity contribution in [3.05, 3.63) is 65.2 Å². The normalized spacial score (nSPS) is 11.5. The second kappa shape index (κ2) is 7.35. The largest absolute Gasteiger partial charge is 0.497 e. The molecule has 24 heavy (non-hydrogen) atoms. The van der Waals surface area contributed by atoms with Crippen LogP contribution in [0.4, 0.5) is 0 Å². The molecule has 0 heterocycles. The summed E-state index contributed by atoms with van der Waals surface area (Å²) in [7, 11) is 3.12. The second-order valence-corrected chi connectivity index (χ2v) is 6.64. The summed E-state index contributed by atoms with van der Waals surface area (Å²) in [4.78, 5) is 12.4. The van der Waals surface area contributed by atoms with E-state index in [2.05, 4.69) is 32.9 Å². The zero-order chi connectivity index (χ0) is 17.7. The van der Waals surface area contributed by atoms with Gasteiger partial charge >= 0.3 is 0 Å². The monoisotopic (exact) mass is 324 g/mol. The molecule has 0 unspecified atom stereocenters. The van der Waals surface area contributed by atoms with E-state index in [1.54, 1.807) is 38.5 Å². The fourth-order valence-corrected chi connectivity index (χ4v) is 2.36. The second-order valence-electron chi connectivity index (χ2n) is 6.64. The molecule has 2 aromatic rings. The van der Waals surface area contributed by atoms with Crippen molar-refractivity contribution in [1.82, 2.24) is 0 Å². The Morgan fingerprint density at radius 1 is 0.958 bits per heavy atom. The number of carbonyl (C=O) groups is 1. The predicted molar refractivity (Wildman–Crippen MR) is 98.1 cm³/mol. The minimum atomic E-state index is -0.102. The minimum Gasteiger partial charge on any atom is -0.497 e. The Morgan fingerprint density at radius 3 is 2.17 bits per heavy atom. The van der Waals surface area contributed by atoms with Crippen molar-refractivity contribution in [2.24, 2.45) is 0 Å². The Bertz CT molecular complexity index is 735. The lowest BCUT2D eigenvalue weighted by Gasteiger charge is -2.18. The summed E-state index contributed by atoms with van der Waals surface area (Å²) < 4.78 is 10.4. The van der Waals surface area contributed by atoms with Gasteiger partial charge in [0.15, 0.2) is 5.78 Å². The van der Waals surface area contributed by atoms with Crippen molar-refractivity contribution < 1.29 is 14.3 Å². The summed E-state index contributed by atoms with van der Waals surface area (Å²) in [6.45, 7) is 6.53. The Balaban J connectivity index is 2.19. The third-order valence-electron chi connectivity index (χ3n) is 3.88. The summed E-state index contributed by atoms with van der Waals surface area (Å²) in [6.07, 6.45) is 3.38. The molecule has 0 atom stereocenters. The van der Waals surface area contributed by atoms with Gasteiger partial charge in [0.2, 0.25) is 0 Å². The number of ketones is 1. The van der Waals surface area contributed by atoms with E-state index in [0.717, 1.165) is 5.56 Å². The van der Waals surface area contributed by atoms with Crippen molar-refractivity contribution in [2.75, 3.05) is 14.2 Å². The number of rotatable bonds is 5. The standard InChI is InChI=1S/C21H24O3/c1-21(2,3)16-9-6-15(7-10-16)8-13-19(22)18-12-11-17(23-4)14-20(18)24-5/h6-14H,1-5H3. The zero-order valence-electron chi connectivity index (χ0n) is 14.9. The van der Waals surface area contributed by atoms with Crippen LogP contribution in [0, 0.1) is 0 Å². The van der Waals surface area contributed by atoms with E-state index in [1.165, 1.54) is 5.56 Å². The highest BCUT2D eigenvalue weighted by atomic mass is 16.5. The molecule has 0 aliphatic heterocycles. The third-order valence-corrected chi connectivity index (χ3v) is 3.88. The van der Waals surface area contributed by atoms with Gasteiger partial charge in [-0.15, -0.1) is 0 Å². The summed E-state index contributed by atoms with van der Waals surface area (Å²) in [5, 5.41) is 0. The van der Waals surface area contributed by atoms with E-state index in [1.807, 2.05) is 18.2 Å². The van der Waals surface area contributed by atoms with E-state index in [9.17, 15) is 4.79 Å². The minimum absolute atomic E-state index is 0.102. The molecular weight excluding hydrogens is 300 g/mol. The molecule has 0 amide bonds. The number of carbonyl (C=O) groups excluding carboxylic acids is 1. The van der Waals surface area contributed by atoms with Crippen LogP contribution >= 0.6 is 0 Å². The van der Waals surface area contributed by atoms with Crippen LogP contribution in [-0.4, -0.2) is 20.0 Å². The molecule has 3 heteroatoms. The van der Waals surface area contributed by atoms with E-state index >= 15 is 0 Å². The lowest BCUT2D eigenvalue weighted by atomic mass is 9.87. The maximum atomic E-state index is 12.4. The Labute approximate surface area is 143 Å². The summed E-state index contributed by atoms with van der Waals surface area (Å²) in [5.41, 5.74) is 2.89. The van der Waals surface area contributed by atoms with Gasteiger partial charge in [-0.3, -0.25) is 4.79 Å². The summed E-state index contributed by atoms with van der Waals surface area (Å²) >= 11 is 0. The van der Waals surface area contributed by atoms with Crippen molar-refractivity contribution in [3.63, 3.8) is 0 Å². The van der Waals surface area contributed by atoms with Crippen LogP contribution in [0.5, 0.6) is 11.5 Å². The number of ether oxygens (including phenoxy) is 2. The highest BCUT2D eigenvalue weighted by Crippen LogP contribution is 2.26. The van der Waals surface area contributed by atoms with Crippen LogP contribution in [-0.2, 0) is 5.41 Å². The highest BCUT2D eigenvalue weighted by molar-refractivity contribution is 6.08. The molecule has 2 aromatic carbocycles. The van der Waals surface area contributed by atoms with Gasteiger partial charge in [0.05, 0.1) is 19.8 Å². The van der Waals surface area contributed by atoms with Crippen molar-refractivity contribution >= 4 is 11.9 Å². The summed E-state index contributed by atoms with van der Waals surface area (Å²) in [6, 6.07) is 13.4. The fraction of sp³-hybridized carbons (Fsp3) is 0.286. The first-order valence-electron chi connectivity index (χ1n) is 7.90. The average molecular weight is 324 g/mol. The van der Waals surface area contributed by atoms with Gasteiger partial charge in [-0.05, 0) is 34.8 Å². The first-order chi connectivity index (χ1) is 11.3. The molecule has 0 N–H and O–H groups in total. The van der Waals surface area contributed by atoms with Crippen LogP contribution < -0.4 is 9.47 Å². The van der Waals surface area contributed by atoms with E-state index in [-0.39, 0.29) is 11.2 Å². The maximum absolute atomic E-state index is 12.4. The first kappa shape index (κ1) is 17.8. The van der Waals surface area contributed by atoms with Crippen molar-refractivity contribution in [2.45, 2.75) is 26.2 Å². The molecule has 0 saturated carbocycles. The molecule has 0 aromatic heterocycles. The van der Waals surface area contributed by atoms with Gasteiger partial charge in [0.1, 0.15) is 11.5 Å². The van der Waals surface area contributed by atoms with Crippen LogP contribution in [0.15, 0.2) is 48.5 Å². The fourth-order valence-electron chi connectivity index (χ4n) is 2.36. The Morgan fingerprint density at radius 2 is 1.62 bits per heavy atom. The number of benzene rings is 2. The molecule has 0 saturated heterocycles. The van der Waals surface area contributed by atoms with Crippen LogP contribution in [0.2, 0.25) is 0 Å². The molecular formula is C21H24O3. The van der Waals surface area contributed by atoms with Crippen LogP contribution in [0.25, 0.3) is 6.08 Å². The molecule has 2 rings (SSSR count). The van der Waals surface area contributed by atoms with E-state index in [4.69, 9.17) is 9.47 Å². The number of hydrogen-bond donors (Lipinski definition) is 0. The first-order valence-corrected chi connectivity index (χ1v) is 7.90. The van der Waals surface area contributed by atoms with E-state index in [0.29, 0.717) is 17.1 Å². The predicted octanol–water partition coefficient (Wildman–Crippen LogP) is 4.90. The Hall–Kier alpha value is -2.55. The van der Waals surface area contributed by atoms with Gasteiger partial charge in [0, 0.05) is 6.07 Å². The number of allylic oxidation sites excluding steroid dienone is 1. The molecule has 0 spiro atoms. The van der Waals surface area contributed by atoms with Crippen LogP contribution in [0.3, 0.4) is 0 Å². The number of hydrogen-bond acceptors (Lipinski definition) is 3. The number of methoxy groups -OCH3 is 2. The summed E-state index contributed by atoms with van der Waals surface area (Å²) in [5.74, 6) is 1.06. The van der Waals surface area contributed by atoms with Crippen molar-refractivity contribution in [1.29, 1.82) is 0 Å². The SMILES string of the molecule is COc1ccc(C(=O)C=Cc2ccc(C(C)(C)C)cc2)c(OC)c1. The topological polar surface area (TPSA) is 35.5 Å². The Kier molecular flexibility index (Phi) is 5.45. The van der Waals surface area contributed by atoms with Gasteiger partial charge in [-0.25, -0.2) is 0 Å². The van der Waals surface area contributed by atoms with Crippen LogP contribution in [0.1, 0.15) is 42.3 Å². The molecule has 0 aliphatic rings. The van der Waals surface area contributed by atoms with Gasteiger partial charge in [-0.2, -0.15) is 0 Å². The van der Waals surface area contributed by atoms with Gasteiger partial charge < -0.3 is 9.47 Å². The third kappa shape index (κ3) is 4.25. The molecule has 126 valence electrons. The lowest BCUT2D eigenvalue weighted by Crippen LogP contribution is -2.10. The highest BCUT2D eigenvalue weighted by Gasteiger charge is 2.13. The van der Waals surface area contributed by atoms with Gasteiger partial charge in [-0.1, -0.05) is 51.1 Å². The van der Waals surface area contributed by atoms with E-state index < -0.39 is 0 Å². The lowest BCUT2D eigenvalue weighted by molar-refractivity contribution is 0.104. The molecule has 0 aliphatic carbocycles.